The van der Waals surface area contributed by atoms with E-state index in [1.165, 1.54) is 18.5 Å². The van der Waals surface area contributed by atoms with Crippen LogP contribution in [0.5, 0.6) is 0 Å². The Morgan fingerprint density at radius 1 is 1.32 bits per heavy atom. The van der Waals surface area contributed by atoms with Gasteiger partial charge in [-0.05, 0) is 37.3 Å². The third-order valence-corrected chi connectivity index (χ3v) is 3.78. The number of para-hydroxylation sites is 2. The molecule has 1 aliphatic heterocycles. The molecule has 1 fully saturated rings. The molecule has 0 unspecified atom stereocenters. The third kappa shape index (κ3) is 3.72. The number of hydrogen-bond donors (Lipinski definition) is 1. The van der Waals surface area contributed by atoms with Gasteiger partial charge in [-0.3, -0.25) is 4.79 Å². The van der Waals surface area contributed by atoms with Gasteiger partial charge in [-0.2, -0.15) is 0 Å². The van der Waals surface area contributed by atoms with Crippen LogP contribution >= 0.6 is 0 Å². The maximum Gasteiger partial charge on any atom is 0.224 e. The Hall–Kier alpha value is -1.51. The number of benzene rings is 1. The minimum atomic E-state index is 0.111. The zero-order valence-corrected chi connectivity index (χ0v) is 12.0. The average Bonchev–Trinajstić information content (AvgIpc) is 2.41. The predicted octanol–water partition coefficient (Wildman–Crippen LogP) is 3.66. The molecule has 1 heterocycles. The Kier molecular flexibility index (Phi) is 4.83. The molecule has 1 aromatic carbocycles. The first-order valence-electron chi connectivity index (χ1n) is 7.34. The number of rotatable bonds is 4. The first kappa shape index (κ1) is 13.9. The van der Waals surface area contributed by atoms with Gasteiger partial charge in [0.15, 0.2) is 0 Å². The van der Waals surface area contributed by atoms with Gasteiger partial charge in [0.2, 0.25) is 5.91 Å². The van der Waals surface area contributed by atoms with Crippen molar-refractivity contribution in [3.8, 4) is 0 Å². The van der Waals surface area contributed by atoms with Crippen LogP contribution in [0.3, 0.4) is 0 Å². The van der Waals surface area contributed by atoms with Crippen LogP contribution in [-0.4, -0.2) is 19.0 Å². The van der Waals surface area contributed by atoms with E-state index in [2.05, 4.69) is 23.2 Å². The highest BCUT2D eigenvalue weighted by molar-refractivity contribution is 5.94. The molecule has 1 amide bonds. The van der Waals surface area contributed by atoms with Gasteiger partial charge in [0.25, 0.3) is 0 Å². The second-order valence-corrected chi connectivity index (χ2v) is 5.48. The van der Waals surface area contributed by atoms with Crippen molar-refractivity contribution in [3.05, 3.63) is 24.3 Å². The molecule has 1 aromatic rings. The summed E-state index contributed by atoms with van der Waals surface area (Å²) in [5.74, 6) is 0.929. The molecule has 3 heteroatoms. The van der Waals surface area contributed by atoms with Gasteiger partial charge in [-0.1, -0.05) is 26.0 Å². The van der Waals surface area contributed by atoms with E-state index >= 15 is 0 Å². The molecule has 0 atom stereocenters. The van der Waals surface area contributed by atoms with Crippen LogP contribution in [-0.2, 0) is 4.79 Å². The van der Waals surface area contributed by atoms with Crippen LogP contribution < -0.4 is 10.2 Å². The highest BCUT2D eigenvalue weighted by atomic mass is 16.1. The Morgan fingerprint density at radius 3 is 2.68 bits per heavy atom. The van der Waals surface area contributed by atoms with E-state index in [9.17, 15) is 4.79 Å². The molecule has 0 saturated carbocycles. The second kappa shape index (κ2) is 6.60. The van der Waals surface area contributed by atoms with Crippen molar-refractivity contribution in [2.75, 3.05) is 23.3 Å². The minimum absolute atomic E-state index is 0.111. The fourth-order valence-corrected chi connectivity index (χ4v) is 2.54. The Labute approximate surface area is 116 Å². The number of nitrogens with zero attached hydrogens (tertiary/aromatic N) is 1. The summed E-state index contributed by atoms with van der Waals surface area (Å²) < 4.78 is 0. The zero-order valence-electron chi connectivity index (χ0n) is 12.0. The molecule has 0 aromatic heterocycles. The SMILES string of the molecule is CCCC(=O)Nc1ccccc1N1CCC(C)CC1. The maximum atomic E-state index is 11.8. The second-order valence-electron chi connectivity index (χ2n) is 5.48. The van der Waals surface area contributed by atoms with E-state index in [-0.39, 0.29) is 5.91 Å². The summed E-state index contributed by atoms with van der Waals surface area (Å²) >= 11 is 0. The number of anilines is 2. The molecule has 104 valence electrons. The number of piperidine rings is 1. The van der Waals surface area contributed by atoms with Crippen molar-refractivity contribution in [2.45, 2.75) is 39.5 Å². The fraction of sp³-hybridized carbons (Fsp3) is 0.562. The lowest BCUT2D eigenvalue weighted by molar-refractivity contribution is -0.116. The summed E-state index contributed by atoms with van der Waals surface area (Å²) in [6.07, 6.45) is 3.94. The highest BCUT2D eigenvalue weighted by Gasteiger charge is 2.18. The summed E-state index contributed by atoms with van der Waals surface area (Å²) in [7, 11) is 0. The Bertz CT molecular complexity index is 423. The van der Waals surface area contributed by atoms with E-state index in [4.69, 9.17) is 0 Å². The predicted molar refractivity (Wildman–Crippen MR) is 80.6 cm³/mol. The lowest BCUT2D eigenvalue weighted by Gasteiger charge is -2.33. The quantitative estimate of drug-likeness (QED) is 0.896. The molecular formula is C16H24N2O. The van der Waals surface area contributed by atoms with Crippen molar-refractivity contribution in [3.63, 3.8) is 0 Å². The average molecular weight is 260 g/mol. The van der Waals surface area contributed by atoms with Crippen LogP contribution in [0.25, 0.3) is 0 Å². The molecule has 1 aliphatic rings. The van der Waals surface area contributed by atoms with Crippen LogP contribution in [0.15, 0.2) is 24.3 Å². The van der Waals surface area contributed by atoms with Crippen molar-refractivity contribution in [1.29, 1.82) is 0 Å². The molecule has 1 N–H and O–H groups in total. The zero-order chi connectivity index (χ0) is 13.7. The molecule has 1 saturated heterocycles. The molecule has 19 heavy (non-hydrogen) atoms. The van der Waals surface area contributed by atoms with Gasteiger partial charge in [-0.25, -0.2) is 0 Å². The molecular weight excluding hydrogens is 236 g/mol. The Balaban J connectivity index is 2.09. The first-order chi connectivity index (χ1) is 9.20. The van der Waals surface area contributed by atoms with E-state index in [0.717, 1.165) is 31.1 Å². The van der Waals surface area contributed by atoms with Crippen molar-refractivity contribution >= 4 is 17.3 Å². The van der Waals surface area contributed by atoms with Crippen LogP contribution in [0.4, 0.5) is 11.4 Å². The van der Waals surface area contributed by atoms with Gasteiger partial charge in [0.05, 0.1) is 11.4 Å². The van der Waals surface area contributed by atoms with Gasteiger partial charge in [-0.15, -0.1) is 0 Å². The van der Waals surface area contributed by atoms with Crippen LogP contribution in [0, 0.1) is 5.92 Å². The van der Waals surface area contributed by atoms with Gasteiger partial charge in [0, 0.05) is 19.5 Å². The van der Waals surface area contributed by atoms with E-state index in [1.807, 2.05) is 25.1 Å². The van der Waals surface area contributed by atoms with Crippen LogP contribution in [0.2, 0.25) is 0 Å². The molecule has 0 radical (unpaired) electrons. The normalized spacial score (nSPS) is 16.4. The number of carbonyl (C=O) groups is 1. The van der Waals surface area contributed by atoms with Gasteiger partial charge < -0.3 is 10.2 Å². The van der Waals surface area contributed by atoms with E-state index in [1.54, 1.807) is 0 Å². The summed E-state index contributed by atoms with van der Waals surface area (Å²) in [6, 6.07) is 8.14. The van der Waals surface area contributed by atoms with Gasteiger partial charge >= 0.3 is 0 Å². The van der Waals surface area contributed by atoms with Gasteiger partial charge in [0.1, 0.15) is 0 Å². The molecule has 3 nitrogen and oxygen atoms in total. The van der Waals surface area contributed by atoms with Crippen molar-refractivity contribution < 1.29 is 4.79 Å². The lowest BCUT2D eigenvalue weighted by Crippen LogP contribution is -2.33. The number of nitrogens with one attached hydrogen (secondary N) is 1. The standard InChI is InChI=1S/C16H24N2O/c1-3-6-16(19)17-14-7-4-5-8-15(14)18-11-9-13(2)10-12-18/h4-5,7-8,13H,3,6,9-12H2,1-2H3,(H,17,19). The molecule has 0 spiro atoms. The van der Waals surface area contributed by atoms with Crippen molar-refractivity contribution in [2.24, 2.45) is 5.92 Å². The molecule has 0 bridgehead atoms. The summed E-state index contributed by atoms with van der Waals surface area (Å²) in [4.78, 5) is 14.2. The summed E-state index contributed by atoms with van der Waals surface area (Å²) in [5.41, 5.74) is 2.12. The molecule has 2 rings (SSSR count). The number of hydrogen-bond acceptors (Lipinski definition) is 2. The molecule has 0 aliphatic carbocycles. The largest absolute Gasteiger partial charge is 0.370 e. The van der Waals surface area contributed by atoms with Crippen LogP contribution in [0.1, 0.15) is 39.5 Å². The first-order valence-corrected chi connectivity index (χ1v) is 7.34. The third-order valence-electron chi connectivity index (χ3n) is 3.78. The smallest absolute Gasteiger partial charge is 0.224 e. The number of carbonyl (C=O) groups excluding carboxylic acids is 1. The topological polar surface area (TPSA) is 32.3 Å². The van der Waals surface area contributed by atoms with E-state index < -0.39 is 0 Å². The Morgan fingerprint density at radius 2 is 2.00 bits per heavy atom. The minimum Gasteiger partial charge on any atom is -0.370 e. The summed E-state index contributed by atoms with van der Waals surface area (Å²) in [5, 5.41) is 3.04. The van der Waals surface area contributed by atoms with Crippen molar-refractivity contribution in [1.82, 2.24) is 0 Å². The highest BCUT2D eigenvalue weighted by Crippen LogP contribution is 2.29. The maximum absolute atomic E-state index is 11.8. The summed E-state index contributed by atoms with van der Waals surface area (Å²) in [6.45, 7) is 6.51. The van der Waals surface area contributed by atoms with E-state index in [0.29, 0.717) is 6.42 Å². The fourth-order valence-electron chi connectivity index (χ4n) is 2.54. The monoisotopic (exact) mass is 260 g/mol. The lowest BCUT2D eigenvalue weighted by atomic mass is 9.98. The number of amides is 1.